The maximum Gasteiger partial charge on any atom is 0.367 e. The zero-order valence-corrected chi connectivity index (χ0v) is 10.4. The molecule has 3 nitrogen and oxygen atoms in total. The largest absolute Gasteiger partial charge is 0.461 e. The Bertz CT molecular complexity index is 509. The van der Waals surface area contributed by atoms with Gasteiger partial charge in [-0.05, 0) is 35.0 Å². The van der Waals surface area contributed by atoms with Gasteiger partial charge in [0.05, 0.1) is 16.8 Å². The summed E-state index contributed by atoms with van der Waals surface area (Å²) in [4.78, 5) is 15.7. The third kappa shape index (κ3) is 2.03. The van der Waals surface area contributed by atoms with Gasteiger partial charge in [0.1, 0.15) is 0 Å². The van der Waals surface area contributed by atoms with Crippen molar-refractivity contribution < 1.29 is 9.53 Å². The molecule has 0 radical (unpaired) electrons. The highest BCUT2D eigenvalue weighted by atomic mass is 79.9. The van der Waals surface area contributed by atoms with Crippen molar-refractivity contribution in [3.63, 3.8) is 0 Å². The van der Waals surface area contributed by atoms with Crippen molar-refractivity contribution in [1.29, 1.82) is 0 Å². The number of halogens is 1. The van der Waals surface area contributed by atoms with Crippen LogP contribution in [0, 0.1) is 0 Å². The van der Waals surface area contributed by atoms with Crippen LogP contribution in [0.3, 0.4) is 0 Å². The fourth-order valence-electron chi connectivity index (χ4n) is 1.20. The molecule has 0 aliphatic carbocycles. The number of aromatic nitrogens is 1. The number of fused-ring (bicyclic) bond motifs is 1. The van der Waals surface area contributed by atoms with Gasteiger partial charge in [-0.2, -0.15) is 0 Å². The van der Waals surface area contributed by atoms with Crippen molar-refractivity contribution in [3.05, 3.63) is 27.7 Å². The average molecular weight is 286 g/mol. The maximum absolute atomic E-state index is 11.4. The summed E-state index contributed by atoms with van der Waals surface area (Å²) in [5, 5.41) is 0.402. The Labute approximate surface area is 99.2 Å². The van der Waals surface area contributed by atoms with E-state index in [0.717, 1.165) is 14.7 Å². The predicted molar refractivity (Wildman–Crippen MR) is 63.3 cm³/mol. The quantitative estimate of drug-likeness (QED) is 0.796. The zero-order valence-electron chi connectivity index (χ0n) is 7.99. The van der Waals surface area contributed by atoms with E-state index in [1.165, 1.54) is 11.3 Å². The lowest BCUT2D eigenvalue weighted by Gasteiger charge is -1.94. The third-order valence-corrected chi connectivity index (χ3v) is 3.46. The molecular weight excluding hydrogens is 278 g/mol. The first-order valence-corrected chi connectivity index (χ1v) is 6.05. The number of hydrogen-bond acceptors (Lipinski definition) is 4. The Kier molecular flexibility index (Phi) is 3.02. The molecule has 0 saturated carbocycles. The summed E-state index contributed by atoms with van der Waals surface area (Å²) in [6.07, 6.45) is 0. The summed E-state index contributed by atoms with van der Waals surface area (Å²) in [5.41, 5.74) is 0.811. The molecule has 0 unspecified atom stereocenters. The second-order valence-electron chi connectivity index (χ2n) is 2.83. The van der Waals surface area contributed by atoms with Crippen LogP contribution < -0.4 is 0 Å². The number of thiazole rings is 1. The predicted octanol–water partition coefficient (Wildman–Crippen LogP) is 3.24. The van der Waals surface area contributed by atoms with Crippen molar-refractivity contribution in [1.82, 2.24) is 4.98 Å². The summed E-state index contributed by atoms with van der Waals surface area (Å²) in [7, 11) is 0. The highest BCUT2D eigenvalue weighted by Crippen LogP contribution is 2.28. The molecule has 0 aliphatic rings. The third-order valence-electron chi connectivity index (χ3n) is 1.82. The molecule has 1 heterocycles. The van der Waals surface area contributed by atoms with Gasteiger partial charge in [-0.1, -0.05) is 6.07 Å². The van der Waals surface area contributed by atoms with Crippen LogP contribution in [0.1, 0.15) is 16.7 Å². The molecule has 0 amide bonds. The molecule has 0 saturated heterocycles. The first-order valence-electron chi connectivity index (χ1n) is 4.44. The van der Waals surface area contributed by atoms with E-state index in [9.17, 15) is 4.79 Å². The molecule has 1 aromatic heterocycles. The van der Waals surface area contributed by atoms with Gasteiger partial charge in [0.15, 0.2) is 0 Å². The number of rotatable bonds is 2. The van der Waals surface area contributed by atoms with Crippen molar-refractivity contribution >= 4 is 43.5 Å². The molecule has 0 bridgehead atoms. The lowest BCUT2D eigenvalue weighted by molar-refractivity contribution is 0.0526. The molecule has 5 heteroatoms. The number of benzene rings is 1. The van der Waals surface area contributed by atoms with Crippen LogP contribution in [-0.4, -0.2) is 17.6 Å². The molecule has 0 atom stereocenters. The SMILES string of the molecule is CCOC(=O)c1nc2c(Br)cccc2s1. The molecule has 0 aliphatic heterocycles. The molecule has 0 N–H and O–H groups in total. The highest BCUT2D eigenvalue weighted by molar-refractivity contribution is 9.10. The Morgan fingerprint density at radius 3 is 3.07 bits per heavy atom. The van der Waals surface area contributed by atoms with E-state index in [1.54, 1.807) is 6.92 Å². The van der Waals surface area contributed by atoms with Crippen LogP contribution in [0.5, 0.6) is 0 Å². The Balaban J connectivity index is 2.47. The van der Waals surface area contributed by atoms with Crippen LogP contribution in [0.4, 0.5) is 0 Å². The van der Waals surface area contributed by atoms with Crippen LogP contribution in [0.25, 0.3) is 10.2 Å². The summed E-state index contributed by atoms with van der Waals surface area (Å²) in [6.45, 7) is 2.15. The van der Waals surface area contributed by atoms with Crippen LogP contribution >= 0.6 is 27.3 Å². The second kappa shape index (κ2) is 4.28. The number of hydrogen-bond donors (Lipinski definition) is 0. The van der Waals surface area contributed by atoms with Crippen molar-refractivity contribution in [2.45, 2.75) is 6.92 Å². The second-order valence-corrected chi connectivity index (χ2v) is 4.71. The van der Waals surface area contributed by atoms with Gasteiger partial charge in [-0.25, -0.2) is 9.78 Å². The Hall–Kier alpha value is -0.940. The van der Waals surface area contributed by atoms with Gasteiger partial charge in [-0.15, -0.1) is 11.3 Å². The normalized spacial score (nSPS) is 10.5. The molecule has 0 spiro atoms. The van der Waals surface area contributed by atoms with E-state index in [0.29, 0.717) is 11.6 Å². The highest BCUT2D eigenvalue weighted by Gasteiger charge is 2.13. The van der Waals surface area contributed by atoms with Crippen molar-refractivity contribution in [2.24, 2.45) is 0 Å². The first kappa shape index (κ1) is 10.6. The number of carbonyl (C=O) groups is 1. The van der Waals surface area contributed by atoms with Crippen molar-refractivity contribution in [3.8, 4) is 0 Å². The molecule has 0 fully saturated rings. The summed E-state index contributed by atoms with van der Waals surface area (Å²) in [6, 6.07) is 5.75. The van der Waals surface area contributed by atoms with E-state index in [-0.39, 0.29) is 5.97 Å². The first-order chi connectivity index (χ1) is 7.22. The summed E-state index contributed by atoms with van der Waals surface area (Å²) < 4.78 is 6.77. The standard InChI is InChI=1S/C10H8BrNO2S/c1-2-14-10(13)9-12-8-6(11)4-3-5-7(8)15-9/h3-5H,2H2,1H3. The smallest absolute Gasteiger partial charge is 0.367 e. The molecule has 78 valence electrons. The van der Waals surface area contributed by atoms with Crippen LogP contribution in [-0.2, 0) is 4.74 Å². The van der Waals surface area contributed by atoms with E-state index >= 15 is 0 Å². The fraction of sp³-hybridized carbons (Fsp3) is 0.200. The lowest BCUT2D eigenvalue weighted by atomic mass is 10.3. The number of ether oxygens (including phenoxy) is 1. The molecule has 2 aromatic rings. The minimum absolute atomic E-state index is 0.356. The topological polar surface area (TPSA) is 39.2 Å². The maximum atomic E-state index is 11.4. The number of esters is 1. The average Bonchev–Trinajstić information content (AvgIpc) is 2.63. The van der Waals surface area contributed by atoms with Gasteiger partial charge in [0.25, 0.3) is 0 Å². The number of para-hydroxylation sites is 1. The van der Waals surface area contributed by atoms with Gasteiger partial charge >= 0.3 is 5.97 Å². The molecule has 1 aromatic carbocycles. The molecule has 2 rings (SSSR count). The minimum Gasteiger partial charge on any atom is -0.461 e. The van der Waals surface area contributed by atoms with Gasteiger partial charge < -0.3 is 4.74 Å². The van der Waals surface area contributed by atoms with E-state index in [4.69, 9.17) is 4.74 Å². The van der Waals surface area contributed by atoms with E-state index in [2.05, 4.69) is 20.9 Å². The Morgan fingerprint density at radius 2 is 2.40 bits per heavy atom. The van der Waals surface area contributed by atoms with Gasteiger partial charge in [0.2, 0.25) is 5.01 Å². The minimum atomic E-state index is -0.356. The lowest BCUT2D eigenvalue weighted by Crippen LogP contribution is -2.03. The number of nitrogens with zero attached hydrogens (tertiary/aromatic N) is 1. The van der Waals surface area contributed by atoms with Gasteiger partial charge in [0, 0.05) is 4.47 Å². The monoisotopic (exact) mass is 285 g/mol. The van der Waals surface area contributed by atoms with E-state index in [1.807, 2.05) is 18.2 Å². The van der Waals surface area contributed by atoms with E-state index < -0.39 is 0 Å². The molecule has 15 heavy (non-hydrogen) atoms. The van der Waals surface area contributed by atoms with Gasteiger partial charge in [-0.3, -0.25) is 0 Å². The van der Waals surface area contributed by atoms with Crippen molar-refractivity contribution in [2.75, 3.05) is 6.61 Å². The summed E-state index contributed by atoms with van der Waals surface area (Å²) in [5.74, 6) is -0.356. The number of carbonyl (C=O) groups excluding carboxylic acids is 1. The zero-order chi connectivity index (χ0) is 10.8. The van der Waals surface area contributed by atoms with Crippen LogP contribution in [0.15, 0.2) is 22.7 Å². The molecular formula is C10H8BrNO2S. The summed E-state index contributed by atoms with van der Waals surface area (Å²) >= 11 is 4.73. The Morgan fingerprint density at radius 1 is 1.60 bits per heavy atom. The van der Waals surface area contributed by atoms with Crippen LogP contribution in [0.2, 0.25) is 0 Å². The fourth-order valence-corrected chi connectivity index (χ4v) is 2.67.